The Morgan fingerprint density at radius 2 is 1.88 bits per heavy atom. The maximum atomic E-state index is 12.9. The SMILES string of the molecule is CCc1ccccc1NC(=O)CNC(=O)CSc1nnc(COc2ccc(F)cc2)n1N. The van der Waals surface area contributed by atoms with Crippen LogP contribution < -0.4 is 21.2 Å². The summed E-state index contributed by atoms with van der Waals surface area (Å²) in [5.74, 6) is 5.73. The van der Waals surface area contributed by atoms with Crippen molar-refractivity contribution in [3.8, 4) is 5.75 Å². The van der Waals surface area contributed by atoms with Gasteiger partial charge in [0, 0.05) is 5.69 Å². The van der Waals surface area contributed by atoms with Crippen LogP contribution in [0.15, 0.2) is 53.7 Å². The van der Waals surface area contributed by atoms with Gasteiger partial charge in [-0.1, -0.05) is 36.9 Å². The fraction of sp³-hybridized carbons (Fsp3) is 0.238. The van der Waals surface area contributed by atoms with Gasteiger partial charge in [-0.3, -0.25) is 9.59 Å². The van der Waals surface area contributed by atoms with E-state index in [1.165, 1.54) is 28.9 Å². The fourth-order valence-electron chi connectivity index (χ4n) is 2.69. The minimum absolute atomic E-state index is 0.00692. The van der Waals surface area contributed by atoms with Gasteiger partial charge in [0.05, 0.1) is 12.3 Å². The van der Waals surface area contributed by atoms with Crippen molar-refractivity contribution in [2.45, 2.75) is 25.1 Å². The van der Waals surface area contributed by atoms with Crippen LogP contribution in [0.3, 0.4) is 0 Å². The molecule has 0 fully saturated rings. The number of carbonyl (C=O) groups excluding carboxylic acids is 2. The molecule has 0 saturated carbocycles. The first-order chi connectivity index (χ1) is 15.5. The summed E-state index contributed by atoms with van der Waals surface area (Å²) >= 11 is 1.08. The van der Waals surface area contributed by atoms with Gasteiger partial charge in [0.25, 0.3) is 0 Å². The first kappa shape index (κ1) is 23.1. The van der Waals surface area contributed by atoms with E-state index in [0.717, 1.165) is 29.4 Å². The van der Waals surface area contributed by atoms with Crippen LogP contribution >= 0.6 is 11.8 Å². The number of benzene rings is 2. The number of nitrogens with two attached hydrogens (primary N) is 1. The number of aryl methyl sites for hydroxylation is 1. The normalized spacial score (nSPS) is 10.6. The number of anilines is 1. The zero-order valence-electron chi connectivity index (χ0n) is 17.4. The Kier molecular flexibility index (Phi) is 8.03. The van der Waals surface area contributed by atoms with E-state index in [9.17, 15) is 14.0 Å². The van der Waals surface area contributed by atoms with Crippen LogP contribution in [0.25, 0.3) is 0 Å². The van der Waals surface area contributed by atoms with Gasteiger partial charge in [0.1, 0.15) is 18.2 Å². The summed E-state index contributed by atoms with van der Waals surface area (Å²) in [5.41, 5.74) is 1.75. The molecule has 0 saturated heterocycles. The van der Waals surface area contributed by atoms with Crippen molar-refractivity contribution >= 4 is 29.3 Å². The number of rotatable bonds is 10. The summed E-state index contributed by atoms with van der Waals surface area (Å²) in [7, 11) is 0. The van der Waals surface area contributed by atoms with Gasteiger partial charge >= 0.3 is 0 Å². The summed E-state index contributed by atoms with van der Waals surface area (Å²) in [4.78, 5) is 24.2. The van der Waals surface area contributed by atoms with E-state index >= 15 is 0 Å². The largest absolute Gasteiger partial charge is 0.486 e. The van der Waals surface area contributed by atoms with Gasteiger partial charge in [-0.15, -0.1) is 10.2 Å². The Morgan fingerprint density at radius 3 is 2.62 bits per heavy atom. The lowest BCUT2D eigenvalue weighted by Gasteiger charge is -2.10. The number of para-hydroxylation sites is 1. The summed E-state index contributed by atoms with van der Waals surface area (Å²) in [6.07, 6.45) is 0.788. The molecule has 0 spiro atoms. The monoisotopic (exact) mass is 458 g/mol. The van der Waals surface area contributed by atoms with Crippen LogP contribution in [0.5, 0.6) is 5.75 Å². The average molecular weight is 459 g/mol. The summed E-state index contributed by atoms with van der Waals surface area (Å²) < 4.78 is 19.6. The second kappa shape index (κ2) is 11.1. The summed E-state index contributed by atoms with van der Waals surface area (Å²) in [5, 5.41) is 13.5. The molecule has 1 heterocycles. The number of nitrogens with one attached hydrogen (secondary N) is 2. The lowest BCUT2D eigenvalue weighted by atomic mass is 10.1. The topological polar surface area (TPSA) is 124 Å². The van der Waals surface area contributed by atoms with E-state index in [4.69, 9.17) is 10.6 Å². The third-order valence-corrected chi connectivity index (χ3v) is 5.31. The minimum atomic E-state index is -0.362. The number of aromatic nitrogens is 3. The molecule has 0 aliphatic rings. The highest BCUT2D eigenvalue weighted by Crippen LogP contribution is 2.17. The fourth-order valence-corrected chi connectivity index (χ4v) is 3.39. The number of carbonyl (C=O) groups is 2. The van der Waals surface area contributed by atoms with Gasteiger partial charge in [-0.2, -0.15) is 0 Å². The second-order valence-corrected chi connectivity index (χ2v) is 7.58. The molecular weight excluding hydrogens is 435 g/mol. The first-order valence-corrected chi connectivity index (χ1v) is 10.8. The predicted octanol–water partition coefficient (Wildman–Crippen LogP) is 2.12. The second-order valence-electron chi connectivity index (χ2n) is 6.64. The van der Waals surface area contributed by atoms with Crippen molar-refractivity contribution < 1.29 is 18.7 Å². The zero-order valence-corrected chi connectivity index (χ0v) is 18.2. The maximum Gasteiger partial charge on any atom is 0.243 e. The van der Waals surface area contributed by atoms with Crippen LogP contribution in [-0.2, 0) is 22.6 Å². The Bertz CT molecular complexity index is 1070. The number of nitrogen functional groups attached to an aromatic ring is 1. The van der Waals surface area contributed by atoms with Crippen LogP contribution in [0.1, 0.15) is 18.3 Å². The Hall–Kier alpha value is -3.60. The number of ether oxygens (including phenoxy) is 1. The number of thioether (sulfide) groups is 1. The van der Waals surface area contributed by atoms with Crippen molar-refractivity contribution in [2.75, 3.05) is 23.5 Å². The molecule has 2 aromatic carbocycles. The van der Waals surface area contributed by atoms with Gasteiger partial charge < -0.3 is 21.2 Å². The molecular formula is C21H23FN6O3S. The Labute approximate surface area is 188 Å². The molecule has 3 aromatic rings. The van der Waals surface area contributed by atoms with E-state index in [1.807, 2.05) is 31.2 Å². The van der Waals surface area contributed by atoms with E-state index in [1.54, 1.807) is 0 Å². The van der Waals surface area contributed by atoms with Gasteiger partial charge in [0.15, 0.2) is 5.82 Å². The molecule has 2 amide bonds. The van der Waals surface area contributed by atoms with Gasteiger partial charge in [-0.05, 0) is 42.3 Å². The number of hydrogen-bond acceptors (Lipinski definition) is 7. The quantitative estimate of drug-likeness (QED) is 0.314. The average Bonchev–Trinajstić information content (AvgIpc) is 3.15. The molecule has 32 heavy (non-hydrogen) atoms. The molecule has 0 bridgehead atoms. The molecule has 0 unspecified atom stereocenters. The molecule has 168 valence electrons. The lowest BCUT2D eigenvalue weighted by molar-refractivity contribution is -0.122. The predicted molar refractivity (Wildman–Crippen MR) is 119 cm³/mol. The number of nitrogens with zero attached hydrogens (tertiary/aromatic N) is 3. The smallest absolute Gasteiger partial charge is 0.243 e. The Balaban J connectivity index is 1.42. The van der Waals surface area contributed by atoms with Gasteiger partial charge in [0.2, 0.25) is 17.0 Å². The molecule has 1 aromatic heterocycles. The molecule has 0 aliphatic carbocycles. The molecule has 9 nitrogen and oxygen atoms in total. The van der Waals surface area contributed by atoms with Crippen molar-refractivity contribution in [3.63, 3.8) is 0 Å². The number of halogens is 1. The highest BCUT2D eigenvalue weighted by atomic mass is 32.2. The number of amides is 2. The van der Waals surface area contributed by atoms with Crippen LogP contribution in [0, 0.1) is 5.82 Å². The molecule has 0 atom stereocenters. The highest BCUT2D eigenvalue weighted by Gasteiger charge is 2.14. The molecule has 11 heteroatoms. The van der Waals surface area contributed by atoms with Gasteiger partial charge in [-0.25, -0.2) is 9.07 Å². The Morgan fingerprint density at radius 1 is 1.12 bits per heavy atom. The van der Waals surface area contributed by atoms with Crippen LogP contribution in [-0.4, -0.2) is 39.0 Å². The lowest BCUT2D eigenvalue weighted by Crippen LogP contribution is -2.34. The summed E-state index contributed by atoms with van der Waals surface area (Å²) in [6.45, 7) is 1.88. The molecule has 0 aliphatic heterocycles. The van der Waals surface area contributed by atoms with Crippen molar-refractivity contribution in [3.05, 3.63) is 65.7 Å². The first-order valence-electron chi connectivity index (χ1n) is 9.81. The minimum Gasteiger partial charge on any atom is -0.486 e. The van der Waals surface area contributed by atoms with Crippen LogP contribution in [0.2, 0.25) is 0 Å². The number of hydrogen-bond donors (Lipinski definition) is 3. The van der Waals surface area contributed by atoms with Crippen molar-refractivity contribution in [1.82, 2.24) is 20.2 Å². The zero-order chi connectivity index (χ0) is 22.9. The van der Waals surface area contributed by atoms with E-state index < -0.39 is 0 Å². The third-order valence-electron chi connectivity index (χ3n) is 4.37. The maximum absolute atomic E-state index is 12.9. The summed E-state index contributed by atoms with van der Waals surface area (Å²) in [6, 6.07) is 13.0. The third kappa shape index (κ3) is 6.45. The molecule has 4 N–H and O–H groups in total. The highest BCUT2D eigenvalue weighted by molar-refractivity contribution is 7.99. The molecule has 3 rings (SSSR count). The van der Waals surface area contributed by atoms with Crippen LogP contribution in [0.4, 0.5) is 10.1 Å². The van der Waals surface area contributed by atoms with Crippen molar-refractivity contribution in [1.29, 1.82) is 0 Å². The standard InChI is InChI=1S/C21H23FN6O3S/c1-2-14-5-3-4-6-17(14)25-19(29)11-24-20(30)13-32-21-27-26-18(28(21)23)12-31-16-9-7-15(22)8-10-16/h3-10H,2,11-13,23H2,1H3,(H,24,30)(H,25,29). The van der Waals surface area contributed by atoms with E-state index in [0.29, 0.717) is 16.7 Å². The van der Waals surface area contributed by atoms with Crippen molar-refractivity contribution in [2.24, 2.45) is 0 Å². The van der Waals surface area contributed by atoms with E-state index in [-0.39, 0.29) is 36.5 Å². The van der Waals surface area contributed by atoms with E-state index in [2.05, 4.69) is 20.8 Å². The molecule has 0 radical (unpaired) electrons.